The normalized spacial score (nSPS) is 21.5. The van der Waals surface area contributed by atoms with Crippen molar-refractivity contribution in [1.29, 1.82) is 0 Å². The molecule has 0 bridgehead atoms. The fraction of sp³-hybridized carbons (Fsp3) is 0.300. The van der Waals surface area contributed by atoms with Gasteiger partial charge in [0.1, 0.15) is 0 Å². The first-order chi connectivity index (χ1) is 5.20. The lowest BCUT2D eigenvalue weighted by Gasteiger charge is -1.98. The minimum absolute atomic E-state index is 1.15. The summed E-state index contributed by atoms with van der Waals surface area (Å²) in [5, 5.41) is 0. The number of nitrogens with zero attached hydrogens (tertiary/aromatic N) is 1. The molecule has 0 saturated carbocycles. The Morgan fingerprint density at radius 1 is 1.09 bits per heavy atom. The van der Waals surface area contributed by atoms with Crippen molar-refractivity contribution in [3.63, 3.8) is 0 Å². The van der Waals surface area contributed by atoms with Crippen LogP contribution in [-0.4, -0.2) is 6.21 Å². The molecule has 0 spiro atoms. The van der Waals surface area contributed by atoms with E-state index in [0.717, 1.165) is 5.70 Å². The average Bonchev–Trinajstić information content (AvgIpc) is 2.41. The van der Waals surface area contributed by atoms with Crippen molar-refractivity contribution in [2.24, 2.45) is 4.99 Å². The topological polar surface area (TPSA) is 12.4 Å². The van der Waals surface area contributed by atoms with Gasteiger partial charge in [-0.2, -0.15) is 0 Å². The van der Waals surface area contributed by atoms with Crippen molar-refractivity contribution in [3.8, 4) is 0 Å². The minimum Gasteiger partial charge on any atom is -0.256 e. The van der Waals surface area contributed by atoms with Crippen molar-refractivity contribution in [3.05, 3.63) is 34.1 Å². The highest BCUT2D eigenvalue weighted by atomic mass is 14.8. The van der Waals surface area contributed by atoms with E-state index in [9.17, 15) is 0 Å². The second-order valence-corrected chi connectivity index (χ2v) is 3.15. The molecule has 56 valence electrons. The molecule has 0 N–H and O–H groups in total. The number of fused-ring (bicyclic) bond motifs is 1. The summed E-state index contributed by atoms with van der Waals surface area (Å²) in [4.78, 5) is 4.30. The monoisotopic (exact) mass is 145 g/mol. The lowest BCUT2D eigenvalue weighted by molar-refractivity contribution is 1.33. The molecule has 1 heterocycles. The van der Waals surface area contributed by atoms with Gasteiger partial charge in [0, 0.05) is 11.8 Å². The van der Waals surface area contributed by atoms with E-state index < -0.39 is 0 Å². The van der Waals surface area contributed by atoms with Crippen LogP contribution in [0.1, 0.15) is 20.8 Å². The van der Waals surface area contributed by atoms with Gasteiger partial charge in [-0.3, -0.25) is 4.99 Å². The maximum atomic E-state index is 4.30. The van der Waals surface area contributed by atoms with Crippen LogP contribution >= 0.6 is 0 Å². The first-order valence-electron chi connectivity index (χ1n) is 3.85. The van der Waals surface area contributed by atoms with Gasteiger partial charge < -0.3 is 0 Å². The Balaban J connectivity index is 2.62. The number of hydrogen-bond acceptors (Lipinski definition) is 1. The molecule has 1 heteroatoms. The van der Waals surface area contributed by atoms with Crippen LogP contribution in [-0.2, 0) is 0 Å². The molecule has 0 amide bonds. The van der Waals surface area contributed by atoms with Crippen LogP contribution in [0.15, 0.2) is 39.1 Å². The second kappa shape index (κ2) is 1.94. The lowest BCUT2D eigenvalue weighted by Crippen LogP contribution is -1.83. The Kier molecular flexibility index (Phi) is 1.16. The Morgan fingerprint density at radius 2 is 1.82 bits per heavy atom. The molecule has 0 aromatic heterocycles. The minimum atomic E-state index is 1.15. The van der Waals surface area contributed by atoms with Gasteiger partial charge in [0.2, 0.25) is 0 Å². The van der Waals surface area contributed by atoms with E-state index in [1.165, 1.54) is 22.3 Å². The predicted molar refractivity (Wildman–Crippen MR) is 47.6 cm³/mol. The molecule has 2 rings (SSSR count). The van der Waals surface area contributed by atoms with E-state index in [1.807, 2.05) is 6.21 Å². The van der Waals surface area contributed by atoms with Gasteiger partial charge in [-0.15, -0.1) is 0 Å². The third kappa shape index (κ3) is 0.739. The smallest absolute Gasteiger partial charge is 0.0710 e. The Hall–Kier alpha value is -1.11. The average molecular weight is 145 g/mol. The Labute approximate surface area is 66.8 Å². The molecular weight excluding hydrogens is 134 g/mol. The summed E-state index contributed by atoms with van der Waals surface area (Å²) in [6.07, 6.45) is 4.09. The van der Waals surface area contributed by atoms with Gasteiger partial charge in [0.15, 0.2) is 0 Å². The van der Waals surface area contributed by atoms with Crippen molar-refractivity contribution in [2.45, 2.75) is 20.8 Å². The van der Waals surface area contributed by atoms with E-state index in [4.69, 9.17) is 0 Å². The summed E-state index contributed by atoms with van der Waals surface area (Å²) < 4.78 is 0. The van der Waals surface area contributed by atoms with Crippen molar-refractivity contribution >= 4 is 6.21 Å². The molecule has 0 aromatic carbocycles. The summed E-state index contributed by atoms with van der Waals surface area (Å²) in [5.74, 6) is 0. The molecule has 1 aliphatic heterocycles. The van der Waals surface area contributed by atoms with Gasteiger partial charge in [-0.1, -0.05) is 0 Å². The molecule has 1 nitrogen and oxygen atoms in total. The van der Waals surface area contributed by atoms with Crippen LogP contribution in [0.25, 0.3) is 0 Å². The Bertz CT molecular complexity index is 334. The number of allylic oxidation sites excluding steroid dienone is 4. The molecule has 11 heavy (non-hydrogen) atoms. The summed E-state index contributed by atoms with van der Waals surface area (Å²) >= 11 is 0. The predicted octanol–water partition coefficient (Wildman–Crippen LogP) is 2.62. The Morgan fingerprint density at radius 3 is 2.45 bits per heavy atom. The standard InChI is InChI=1S/C10H11N/c1-6-4-9-10(8(6)3)7(2)5-11-9/h4-5H,1-3H3. The van der Waals surface area contributed by atoms with Crippen LogP contribution in [0, 0.1) is 0 Å². The largest absolute Gasteiger partial charge is 0.256 e. The zero-order valence-electron chi connectivity index (χ0n) is 7.10. The van der Waals surface area contributed by atoms with Gasteiger partial charge >= 0.3 is 0 Å². The van der Waals surface area contributed by atoms with E-state index >= 15 is 0 Å². The van der Waals surface area contributed by atoms with E-state index in [2.05, 4.69) is 31.8 Å². The molecule has 0 atom stereocenters. The number of rotatable bonds is 0. The van der Waals surface area contributed by atoms with Crippen molar-refractivity contribution in [1.82, 2.24) is 0 Å². The molecule has 0 unspecified atom stereocenters. The first kappa shape index (κ1) is 6.59. The van der Waals surface area contributed by atoms with Crippen LogP contribution in [0.2, 0.25) is 0 Å². The van der Waals surface area contributed by atoms with Crippen molar-refractivity contribution < 1.29 is 0 Å². The zero-order valence-corrected chi connectivity index (χ0v) is 7.10. The van der Waals surface area contributed by atoms with Crippen molar-refractivity contribution in [2.75, 3.05) is 0 Å². The van der Waals surface area contributed by atoms with Crippen LogP contribution in [0.5, 0.6) is 0 Å². The first-order valence-corrected chi connectivity index (χ1v) is 3.85. The molecule has 2 aliphatic rings. The van der Waals surface area contributed by atoms with E-state index in [-0.39, 0.29) is 0 Å². The van der Waals surface area contributed by atoms with Crippen LogP contribution in [0.4, 0.5) is 0 Å². The maximum absolute atomic E-state index is 4.30. The van der Waals surface area contributed by atoms with E-state index in [0.29, 0.717) is 0 Å². The fourth-order valence-electron chi connectivity index (χ4n) is 1.61. The number of aliphatic imine (C=N–C) groups is 1. The fourth-order valence-corrected chi connectivity index (χ4v) is 1.61. The van der Waals surface area contributed by atoms with E-state index in [1.54, 1.807) is 0 Å². The van der Waals surface area contributed by atoms with Gasteiger partial charge in [0.25, 0.3) is 0 Å². The summed E-state index contributed by atoms with van der Waals surface area (Å²) in [7, 11) is 0. The lowest BCUT2D eigenvalue weighted by atomic mass is 10.0. The molecular formula is C10H11N. The third-order valence-electron chi connectivity index (χ3n) is 2.37. The van der Waals surface area contributed by atoms with Gasteiger partial charge in [-0.25, -0.2) is 0 Å². The highest BCUT2D eigenvalue weighted by Crippen LogP contribution is 2.36. The molecule has 0 saturated heterocycles. The van der Waals surface area contributed by atoms with Gasteiger partial charge in [-0.05, 0) is 43.6 Å². The molecule has 0 radical (unpaired) electrons. The highest BCUT2D eigenvalue weighted by Gasteiger charge is 2.20. The van der Waals surface area contributed by atoms with Gasteiger partial charge in [0.05, 0.1) is 5.70 Å². The SMILES string of the molecule is CC1=C(C)C2=C(C)C=NC2=C1. The summed E-state index contributed by atoms with van der Waals surface area (Å²) in [5.41, 5.74) is 6.53. The highest BCUT2D eigenvalue weighted by molar-refractivity contribution is 5.89. The summed E-state index contributed by atoms with van der Waals surface area (Å²) in [6.45, 7) is 6.41. The molecule has 0 fully saturated rings. The maximum Gasteiger partial charge on any atom is 0.0710 e. The molecule has 0 aromatic rings. The van der Waals surface area contributed by atoms with Crippen LogP contribution < -0.4 is 0 Å². The molecule has 1 aliphatic carbocycles. The third-order valence-corrected chi connectivity index (χ3v) is 2.37. The second-order valence-electron chi connectivity index (χ2n) is 3.15. The quantitative estimate of drug-likeness (QED) is 0.497. The zero-order chi connectivity index (χ0) is 8.01. The number of hydrogen-bond donors (Lipinski definition) is 0. The summed E-state index contributed by atoms with van der Waals surface area (Å²) in [6, 6.07) is 0. The van der Waals surface area contributed by atoms with Crippen LogP contribution in [0.3, 0.4) is 0 Å².